The molecule has 2 rings (SSSR count). The molecule has 0 saturated carbocycles. The van der Waals surface area contributed by atoms with Gasteiger partial charge in [0.1, 0.15) is 5.60 Å². The summed E-state index contributed by atoms with van der Waals surface area (Å²) in [4.78, 5) is 35.6. The van der Waals surface area contributed by atoms with Crippen LogP contribution in [-0.2, 0) is 9.53 Å². The van der Waals surface area contributed by atoms with Crippen molar-refractivity contribution < 1.29 is 9.53 Å². The first-order valence-corrected chi connectivity index (χ1v) is 5.97. The van der Waals surface area contributed by atoms with E-state index >= 15 is 0 Å². The number of methoxy groups -OCH3 is 1. The minimum absolute atomic E-state index is 0.136. The van der Waals surface area contributed by atoms with E-state index in [1.54, 1.807) is 26.0 Å². The second kappa shape index (κ2) is 4.93. The average Bonchev–Trinajstić information content (AvgIpc) is 2.43. The first-order chi connectivity index (χ1) is 9.36. The van der Waals surface area contributed by atoms with E-state index < -0.39 is 22.6 Å². The number of aromatic nitrogens is 2. The number of aromatic amines is 2. The van der Waals surface area contributed by atoms with Crippen molar-refractivity contribution in [2.45, 2.75) is 19.4 Å². The maximum absolute atomic E-state index is 12.1. The summed E-state index contributed by atoms with van der Waals surface area (Å²) in [6, 6.07) is 4.66. The number of amides is 1. The third-order valence-corrected chi connectivity index (χ3v) is 3.13. The highest BCUT2D eigenvalue weighted by Gasteiger charge is 2.27. The fourth-order valence-electron chi connectivity index (χ4n) is 1.70. The van der Waals surface area contributed by atoms with Gasteiger partial charge >= 0.3 is 0 Å². The summed E-state index contributed by atoms with van der Waals surface area (Å²) in [5.74, 6) is -0.410. The van der Waals surface area contributed by atoms with Gasteiger partial charge in [0.15, 0.2) is 0 Å². The molecule has 0 spiro atoms. The van der Waals surface area contributed by atoms with Crippen LogP contribution in [0.4, 0.5) is 5.69 Å². The van der Waals surface area contributed by atoms with E-state index in [0.717, 1.165) is 0 Å². The highest BCUT2D eigenvalue weighted by molar-refractivity contribution is 6.04. The van der Waals surface area contributed by atoms with Crippen molar-refractivity contribution in [3.05, 3.63) is 38.9 Å². The Bertz CT molecular complexity index is 773. The molecule has 0 saturated heterocycles. The Balaban J connectivity index is 2.57. The number of H-pyrrole nitrogens is 2. The Morgan fingerprint density at radius 3 is 2.50 bits per heavy atom. The highest BCUT2D eigenvalue weighted by Crippen LogP contribution is 2.19. The average molecular weight is 277 g/mol. The molecule has 0 bridgehead atoms. The Morgan fingerprint density at radius 1 is 1.20 bits per heavy atom. The van der Waals surface area contributed by atoms with Crippen LogP contribution in [-0.4, -0.2) is 28.8 Å². The molecule has 0 unspecified atom stereocenters. The summed E-state index contributed by atoms with van der Waals surface area (Å²) in [5, 5.41) is 7.42. The van der Waals surface area contributed by atoms with E-state index in [2.05, 4.69) is 15.5 Å². The molecule has 0 aliphatic carbocycles. The molecule has 0 fully saturated rings. The van der Waals surface area contributed by atoms with Gasteiger partial charge in [-0.1, -0.05) is 6.07 Å². The highest BCUT2D eigenvalue weighted by atomic mass is 16.5. The van der Waals surface area contributed by atoms with Crippen molar-refractivity contribution in [2.24, 2.45) is 0 Å². The van der Waals surface area contributed by atoms with Crippen LogP contribution in [0.15, 0.2) is 27.8 Å². The zero-order valence-electron chi connectivity index (χ0n) is 11.4. The molecule has 0 aliphatic rings. The van der Waals surface area contributed by atoms with Crippen LogP contribution < -0.4 is 16.4 Å². The van der Waals surface area contributed by atoms with E-state index in [1.165, 1.54) is 13.2 Å². The third-order valence-electron chi connectivity index (χ3n) is 3.13. The van der Waals surface area contributed by atoms with Gasteiger partial charge < -0.3 is 10.1 Å². The Kier molecular flexibility index (Phi) is 3.46. The standard InChI is InChI=1S/C13H15N3O4/c1-13(2,20-3)12(19)14-8-6-4-5-7-9(8)11(18)16-15-10(7)17/h4-6H,1-3H3,(H,14,19)(H,15,17)(H,16,18). The zero-order chi connectivity index (χ0) is 14.9. The fourth-order valence-corrected chi connectivity index (χ4v) is 1.70. The Morgan fingerprint density at radius 2 is 1.85 bits per heavy atom. The molecule has 7 nitrogen and oxygen atoms in total. The number of ether oxygens (including phenoxy) is 1. The number of carbonyl (C=O) groups excluding carboxylic acids is 1. The van der Waals surface area contributed by atoms with Crippen LogP contribution in [0.5, 0.6) is 0 Å². The van der Waals surface area contributed by atoms with Crippen molar-refractivity contribution in [3.8, 4) is 0 Å². The van der Waals surface area contributed by atoms with Crippen molar-refractivity contribution in [2.75, 3.05) is 12.4 Å². The number of benzene rings is 1. The van der Waals surface area contributed by atoms with Gasteiger partial charge in [0, 0.05) is 7.11 Å². The first-order valence-electron chi connectivity index (χ1n) is 5.97. The van der Waals surface area contributed by atoms with Gasteiger partial charge in [0.2, 0.25) is 0 Å². The van der Waals surface area contributed by atoms with E-state index in [0.29, 0.717) is 0 Å². The van der Waals surface area contributed by atoms with Gasteiger partial charge in [-0.3, -0.25) is 24.6 Å². The molecule has 2 aromatic rings. The van der Waals surface area contributed by atoms with Crippen LogP contribution in [0.25, 0.3) is 10.8 Å². The van der Waals surface area contributed by atoms with Crippen LogP contribution >= 0.6 is 0 Å². The predicted molar refractivity (Wildman–Crippen MR) is 74.9 cm³/mol. The lowest BCUT2D eigenvalue weighted by atomic mass is 10.1. The summed E-state index contributed by atoms with van der Waals surface area (Å²) >= 11 is 0. The summed E-state index contributed by atoms with van der Waals surface area (Å²) in [7, 11) is 1.42. The lowest BCUT2D eigenvalue weighted by Crippen LogP contribution is -2.39. The van der Waals surface area contributed by atoms with Gasteiger partial charge in [-0.15, -0.1) is 0 Å². The van der Waals surface area contributed by atoms with E-state index in [-0.39, 0.29) is 16.5 Å². The lowest BCUT2D eigenvalue weighted by molar-refractivity contribution is -0.133. The van der Waals surface area contributed by atoms with Crippen molar-refractivity contribution in [3.63, 3.8) is 0 Å². The number of hydrogen-bond acceptors (Lipinski definition) is 4. The Hall–Kier alpha value is -2.41. The van der Waals surface area contributed by atoms with E-state index in [1.807, 2.05) is 0 Å². The van der Waals surface area contributed by atoms with Gasteiger partial charge in [-0.05, 0) is 26.0 Å². The first kappa shape index (κ1) is 14.0. The molecule has 1 heterocycles. The minimum atomic E-state index is -1.05. The molecule has 3 N–H and O–H groups in total. The summed E-state index contributed by atoms with van der Waals surface area (Å²) in [5.41, 5.74) is -1.69. The number of hydrogen-bond donors (Lipinski definition) is 3. The zero-order valence-corrected chi connectivity index (χ0v) is 11.4. The van der Waals surface area contributed by atoms with Crippen LogP contribution in [0.2, 0.25) is 0 Å². The number of nitrogens with one attached hydrogen (secondary N) is 3. The quantitative estimate of drug-likeness (QED) is 0.763. The molecule has 20 heavy (non-hydrogen) atoms. The molecule has 7 heteroatoms. The van der Waals surface area contributed by atoms with E-state index in [4.69, 9.17) is 4.74 Å². The summed E-state index contributed by atoms with van der Waals surface area (Å²) in [6.07, 6.45) is 0. The molecular weight excluding hydrogens is 262 g/mol. The smallest absolute Gasteiger partial charge is 0.272 e. The largest absolute Gasteiger partial charge is 0.369 e. The van der Waals surface area contributed by atoms with E-state index in [9.17, 15) is 14.4 Å². The molecule has 0 atom stereocenters. The Labute approximate surface area is 113 Å². The maximum atomic E-state index is 12.1. The number of rotatable bonds is 3. The summed E-state index contributed by atoms with van der Waals surface area (Å²) in [6.45, 7) is 3.20. The van der Waals surface area contributed by atoms with Gasteiger partial charge in [-0.25, -0.2) is 0 Å². The monoisotopic (exact) mass is 277 g/mol. The molecule has 0 radical (unpaired) electrons. The molecule has 1 aromatic heterocycles. The third kappa shape index (κ3) is 2.35. The SMILES string of the molecule is COC(C)(C)C(=O)Nc1cccc2c(=O)[nH][nH]c(=O)c12. The van der Waals surface area contributed by atoms with Crippen molar-refractivity contribution in [1.29, 1.82) is 0 Å². The van der Waals surface area contributed by atoms with Gasteiger partial charge in [0.25, 0.3) is 17.0 Å². The van der Waals surface area contributed by atoms with Crippen LogP contribution in [0, 0.1) is 0 Å². The second-order valence-corrected chi connectivity index (χ2v) is 4.80. The molecular formula is C13H15N3O4. The van der Waals surface area contributed by atoms with Gasteiger partial charge in [-0.2, -0.15) is 0 Å². The minimum Gasteiger partial charge on any atom is -0.369 e. The molecule has 0 aliphatic heterocycles. The number of fused-ring (bicyclic) bond motifs is 1. The predicted octanol–water partition coefficient (Wildman–Crippen LogP) is 0.580. The van der Waals surface area contributed by atoms with Gasteiger partial charge in [0.05, 0.1) is 16.5 Å². The topological polar surface area (TPSA) is 104 Å². The summed E-state index contributed by atoms with van der Waals surface area (Å²) < 4.78 is 5.07. The van der Waals surface area contributed by atoms with Crippen molar-refractivity contribution >= 4 is 22.4 Å². The number of anilines is 1. The second-order valence-electron chi connectivity index (χ2n) is 4.80. The molecule has 1 aromatic carbocycles. The number of carbonyl (C=O) groups is 1. The molecule has 1 amide bonds. The van der Waals surface area contributed by atoms with Crippen molar-refractivity contribution in [1.82, 2.24) is 10.2 Å². The fraction of sp³-hybridized carbons (Fsp3) is 0.308. The normalized spacial score (nSPS) is 11.6. The lowest BCUT2D eigenvalue weighted by Gasteiger charge is -2.22. The maximum Gasteiger partial charge on any atom is 0.272 e. The molecule has 106 valence electrons. The van der Waals surface area contributed by atoms with Crippen LogP contribution in [0.1, 0.15) is 13.8 Å². The van der Waals surface area contributed by atoms with Crippen LogP contribution in [0.3, 0.4) is 0 Å².